The number of ether oxygens (including phenoxy) is 2. The van der Waals surface area contributed by atoms with Gasteiger partial charge < -0.3 is 61.6 Å². The van der Waals surface area contributed by atoms with Crippen molar-refractivity contribution in [2.75, 3.05) is 33.7 Å². The van der Waals surface area contributed by atoms with Crippen LogP contribution in [0, 0.1) is 20.8 Å². The van der Waals surface area contributed by atoms with Gasteiger partial charge in [-0.2, -0.15) is 0 Å². The number of methoxy groups -OCH3 is 1. The van der Waals surface area contributed by atoms with Crippen LogP contribution in [0.4, 0.5) is 57.5 Å². The number of carbonyl (C=O) groups is 5. The highest BCUT2D eigenvalue weighted by molar-refractivity contribution is 9.11. The zero-order chi connectivity index (χ0) is 102. The van der Waals surface area contributed by atoms with Gasteiger partial charge in [0, 0.05) is 124 Å². The molecule has 36 heteroatoms. The Balaban J connectivity index is 0.000000159. The van der Waals surface area contributed by atoms with E-state index >= 15 is 0 Å². The predicted octanol–water partition coefficient (Wildman–Crippen LogP) is 28.2. The molecular weight excluding hydrogens is 2160 g/mol. The van der Waals surface area contributed by atoms with Crippen molar-refractivity contribution in [2.45, 2.75) is 119 Å². The number of carboxylic acid groups (broad SMARTS) is 5. The van der Waals surface area contributed by atoms with Crippen molar-refractivity contribution in [3.63, 3.8) is 0 Å². The molecule has 142 heavy (non-hydrogen) atoms. The lowest BCUT2D eigenvalue weighted by molar-refractivity contribution is -0.137. The quantitative estimate of drug-likeness (QED) is 0.0162. The highest BCUT2D eigenvalue weighted by Crippen LogP contribution is 2.41. The fourth-order valence-electron chi connectivity index (χ4n) is 14.3. The second-order valence-corrected chi connectivity index (χ2v) is 39.8. The first kappa shape index (κ1) is 107. The number of nitrogens with zero attached hydrogens (tertiary/aromatic N) is 10. The largest absolute Gasteiger partial charge is 0.497 e. The third kappa shape index (κ3) is 30.7. The number of aromatic nitrogens is 10. The summed E-state index contributed by atoms with van der Waals surface area (Å²) in [7, 11) is 1.62. The zero-order valence-electron chi connectivity index (χ0n) is 78.4. The maximum absolute atomic E-state index is 11.1. The summed E-state index contributed by atoms with van der Waals surface area (Å²) in [5.74, 6) is 4.19. The number of anilines is 10. The fraction of sp³-hybridized carbons (Fsp3) is 0.179. The second-order valence-electron chi connectivity index (χ2n) is 31.4. The number of aryl methyl sites for hydroxylation is 5. The van der Waals surface area contributed by atoms with Crippen molar-refractivity contribution >= 4 is 208 Å². The molecular formula is C106H99Br4N15O12S5. The number of aromatic carboxylic acids is 1. The van der Waals surface area contributed by atoms with Crippen LogP contribution < -0.4 is 36.1 Å². The van der Waals surface area contributed by atoms with Crippen LogP contribution in [0.15, 0.2) is 259 Å². The SMILES string of the molecule is C=CCc1c(C)nc(-c2cc(Br)cs2)nc1Nc1ccc(CC(=O)O)cc1.C=CCc1c(C)nc(-c2ccc(Oc3ccc(OC)cc3)s2)nc1Nc1ccc(C(=O)O)cc1.C=CCc1c(CC)nc(-c2cc(Br)cs2)nc1Nc1ccc(CC(=O)O)cc1.CCc1c(C)nc(-c2cc(Br)cs2)nc1Nc1ccc(CC(=O)O)cc1.CCc1nc(-c2cc(Br)cs2)nc(Nc2ccc(CC(=O)O)cc2)c1CC. The molecule has 0 saturated heterocycles. The molecule has 728 valence electrons. The number of benzene rings is 6. The number of halogens is 4. The summed E-state index contributed by atoms with van der Waals surface area (Å²) in [6.45, 7) is 25.8. The first-order chi connectivity index (χ1) is 68.4. The Morgan fingerprint density at radius 2 is 0.620 bits per heavy atom. The molecule has 0 atom stereocenters. The summed E-state index contributed by atoms with van der Waals surface area (Å²) >= 11 is 21.7. The van der Waals surface area contributed by atoms with Gasteiger partial charge in [-0.15, -0.1) is 65.1 Å². The van der Waals surface area contributed by atoms with Crippen LogP contribution in [0.25, 0.3) is 53.5 Å². The molecule has 0 radical (unpaired) electrons. The molecule has 0 aliphatic rings. The van der Waals surface area contributed by atoms with Gasteiger partial charge in [0.15, 0.2) is 34.2 Å². The molecule has 0 fully saturated rings. The Hall–Kier alpha value is -13.7. The molecule has 0 saturated carbocycles. The molecule has 10 aromatic heterocycles. The van der Waals surface area contributed by atoms with Crippen LogP contribution in [-0.4, -0.2) is 112 Å². The van der Waals surface area contributed by atoms with Crippen LogP contribution in [0.3, 0.4) is 0 Å². The van der Waals surface area contributed by atoms with E-state index < -0.39 is 29.8 Å². The third-order valence-corrected chi connectivity index (χ3v) is 28.9. The van der Waals surface area contributed by atoms with Crippen molar-refractivity contribution in [3.8, 4) is 70.1 Å². The Labute approximate surface area is 875 Å². The van der Waals surface area contributed by atoms with E-state index in [0.29, 0.717) is 60.0 Å². The smallest absolute Gasteiger partial charge is 0.335 e. The molecule has 10 N–H and O–H groups in total. The average molecular weight is 2260 g/mol. The van der Waals surface area contributed by atoms with Crippen LogP contribution in [-0.2, 0) is 89.8 Å². The molecule has 0 aliphatic carbocycles. The molecule has 16 rings (SSSR count). The van der Waals surface area contributed by atoms with E-state index in [1.165, 1.54) is 11.3 Å². The molecule has 0 amide bonds. The number of thiophene rings is 5. The molecule has 6 aromatic carbocycles. The average Bonchev–Trinajstić information content (AvgIpc) is 1.39. The van der Waals surface area contributed by atoms with E-state index in [4.69, 9.17) is 74.9 Å². The number of hydrogen-bond donors (Lipinski definition) is 10. The molecule has 0 aliphatic heterocycles. The molecule has 16 aromatic rings. The second kappa shape index (κ2) is 52.2. The highest BCUT2D eigenvalue weighted by Gasteiger charge is 2.23. The van der Waals surface area contributed by atoms with Gasteiger partial charge in [-0.25, -0.2) is 54.6 Å². The summed E-state index contributed by atoms with van der Waals surface area (Å²) in [6, 6.07) is 55.2. The van der Waals surface area contributed by atoms with Gasteiger partial charge in [-0.3, -0.25) is 19.2 Å². The van der Waals surface area contributed by atoms with Gasteiger partial charge in [0.1, 0.15) is 40.6 Å². The first-order valence-corrected chi connectivity index (χ1v) is 51.9. The van der Waals surface area contributed by atoms with Crippen LogP contribution in [0.5, 0.6) is 16.6 Å². The van der Waals surface area contributed by atoms with E-state index in [0.717, 1.165) is 209 Å². The first-order valence-electron chi connectivity index (χ1n) is 44.4. The lowest BCUT2D eigenvalue weighted by Crippen LogP contribution is -2.07. The van der Waals surface area contributed by atoms with E-state index in [9.17, 15) is 24.0 Å². The Kier molecular flexibility index (Phi) is 39.4. The minimum absolute atomic E-state index is 0.00597. The summed E-state index contributed by atoms with van der Waals surface area (Å²) in [5, 5.41) is 70.2. The number of nitrogens with one attached hydrogen (secondary N) is 5. The van der Waals surface area contributed by atoms with Crippen molar-refractivity contribution < 1.29 is 59.0 Å². The van der Waals surface area contributed by atoms with Crippen LogP contribution >= 0.6 is 120 Å². The molecule has 0 spiro atoms. The number of carboxylic acids is 5. The van der Waals surface area contributed by atoms with Gasteiger partial charge in [0.25, 0.3) is 0 Å². The van der Waals surface area contributed by atoms with Crippen LogP contribution in [0.2, 0.25) is 0 Å². The minimum Gasteiger partial charge on any atom is -0.497 e. The Morgan fingerprint density at radius 1 is 0.338 bits per heavy atom. The Bertz CT molecular complexity index is 7140. The summed E-state index contributed by atoms with van der Waals surface area (Å²) in [5.41, 5.74) is 17.2. The lowest BCUT2D eigenvalue weighted by atomic mass is 10.1. The molecule has 0 unspecified atom stereocenters. The monoisotopic (exact) mass is 2250 g/mol. The van der Waals surface area contributed by atoms with E-state index in [-0.39, 0.29) is 31.2 Å². The maximum atomic E-state index is 11.1. The van der Waals surface area contributed by atoms with E-state index in [2.05, 4.69) is 148 Å². The normalized spacial score (nSPS) is 10.6. The fourth-order valence-corrected chi connectivity index (χ4v) is 20.6. The van der Waals surface area contributed by atoms with Gasteiger partial charge in [-0.05, 0) is 285 Å². The van der Waals surface area contributed by atoms with Gasteiger partial charge in [-0.1, -0.05) is 106 Å². The van der Waals surface area contributed by atoms with Gasteiger partial charge >= 0.3 is 29.8 Å². The summed E-state index contributed by atoms with van der Waals surface area (Å²) in [4.78, 5) is 107. The van der Waals surface area contributed by atoms with E-state index in [1.54, 1.807) is 94.9 Å². The number of hydrogen-bond acceptors (Lipinski definition) is 27. The van der Waals surface area contributed by atoms with Crippen molar-refractivity contribution in [2.24, 2.45) is 0 Å². The highest BCUT2D eigenvalue weighted by atomic mass is 79.9. The van der Waals surface area contributed by atoms with Crippen molar-refractivity contribution in [1.82, 2.24) is 49.8 Å². The molecule has 10 heterocycles. The zero-order valence-corrected chi connectivity index (χ0v) is 88.8. The van der Waals surface area contributed by atoms with Crippen molar-refractivity contribution in [1.29, 1.82) is 0 Å². The molecule has 0 bridgehead atoms. The van der Waals surface area contributed by atoms with E-state index in [1.807, 2.05) is 200 Å². The number of rotatable bonds is 37. The Morgan fingerprint density at radius 3 is 0.915 bits per heavy atom. The van der Waals surface area contributed by atoms with Crippen molar-refractivity contribution in [3.05, 3.63) is 343 Å². The molecule has 27 nitrogen and oxygen atoms in total. The minimum atomic E-state index is -0.968. The van der Waals surface area contributed by atoms with Gasteiger partial charge in [0.2, 0.25) is 0 Å². The predicted molar refractivity (Wildman–Crippen MR) is 585 cm³/mol. The van der Waals surface area contributed by atoms with Gasteiger partial charge in [0.05, 0.1) is 62.7 Å². The number of allylic oxidation sites excluding steroid dienone is 3. The number of aliphatic carboxylic acids is 4. The van der Waals surface area contributed by atoms with Crippen LogP contribution in [0.1, 0.15) is 117 Å². The standard InChI is InChI=1S/C26H23N3O4S.C21H20BrN3O2S.C20H18BrN3O2S.C20H20BrN3O2S.C19H18BrN3O2S/c1-4-5-21-16(2)27-25(29-24(21)28-18-8-6-17(7-9-18)26(30)31)22-14-15-23(34-22)33-20-12-10-19(32-3)11-13-20;1-3-5-16-17(4-2)24-21(18-11-14(22)12-28-18)25-20(16)23-15-8-6-13(7-9-15)10-19(26)27;1-3-4-16-12(2)22-20(17-10-14(21)11-27-17)24-19(16)23-15-7-5-13(6-8-15)9-18(25)26;1-3-15-16(4-2)23-20(17-10-13(21)11-27-17)24-19(15)22-14-7-5-12(6-8-14)9-18(25)26;1-3-15-11(2)21-19(16-9-13(20)10-26-16)23-18(15)22-14-6-4-12(5-7-14)8-17(24)25/h4,6-15H,1,5H2,2-3H3,(H,30,31)(H,27,28,29);3,6-9,11-12H,1,4-5,10H2,2H3,(H,26,27)(H,23,24,25);3,5-8,10-11H,1,4,9H2,2H3,(H,25,26)(H,22,23,24);5-8,10-11H,3-4,9H2,1-2H3,(H,25,26)(H,22,23,24);4-7,9-10H,3,8H2,1-2H3,(H,24,25)(H,21,22,23). The third-order valence-electron chi connectivity index (χ3n) is 21.2. The maximum Gasteiger partial charge on any atom is 0.335 e. The summed E-state index contributed by atoms with van der Waals surface area (Å²) in [6.07, 6.45) is 10.7. The lowest BCUT2D eigenvalue weighted by Gasteiger charge is -2.15. The summed E-state index contributed by atoms with van der Waals surface area (Å²) < 4.78 is 15.2. The topological polar surface area (TPSA) is 394 Å².